The van der Waals surface area contributed by atoms with Crippen molar-refractivity contribution in [1.82, 2.24) is 19.6 Å². The van der Waals surface area contributed by atoms with Gasteiger partial charge in [0.15, 0.2) is 5.15 Å². The van der Waals surface area contributed by atoms with E-state index in [9.17, 15) is 0 Å². The minimum atomic E-state index is 0.222. The molecule has 2 N–H and O–H groups in total. The second-order valence-electron chi connectivity index (χ2n) is 4.06. The lowest BCUT2D eigenvalue weighted by Gasteiger charge is -2.20. The van der Waals surface area contributed by atoms with E-state index in [-0.39, 0.29) is 5.95 Å². The molecule has 0 unspecified atom stereocenters. The lowest BCUT2D eigenvalue weighted by atomic mass is 10.00. The molecule has 7 heteroatoms. The maximum absolute atomic E-state index is 6.07. The Bertz CT molecular complexity index is 549. The van der Waals surface area contributed by atoms with Gasteiger partial charge in [0, 0.05) is 19.1 Å². The summed E-state index contributed by atoms with van der Waals surface area (Å²) < 4.78 is 7.03. The summed E-state index contributed by atoms with van der Waals surface area (Å²) in [6, 6.07) is 0. The zero-order chi connectivity index (χ0) is 11.8. The molecule has 1 aliphatic rings. The van der Waals surface area contributed by atoms with Gasteiger partial charge in [0.05, 0.1) is 6.20 Å². The predicted molar refractivity (Wildman–Crippen MR) is 63.0 cm³/mol. The Morgan fingerprint density at radius 1 is 1.41 bits per heavy atom. The van der Waals surface area contributed by atoms with Crippen molar-refractivity contribution < 1.29 is 4.74 Å². The van der Waals surface area contributed by atoms with Crippen LogP contribution in [-0.2, 0) is 4.74 Å². The van der Waals surface area contributed by atoms with Gasteiger partial charge >= 0.3 is 0 Å². The van der Waals surface area contributed by atoms with Crippen LogP contribution < -0.4 is 5.73 Å². The molecule has 0 aromatic carbocycles. The molecule has 90 valence electrons. The van der Waals surface area contributed by atoms with Gasteiger partial charge < -0.3 is 10.5 Å². The molecule has 0 atom stereocenters. The zero-order valence-electron chi connectivity index (χ0n) is 9.14. The summed E-state index contributed by atoms with van der Waals surface area (Å²) in [5.41, 5.74) is 6.29. The highest BCUT2D eigenvalue weighted by Gasteiger charge is 2.23. The van der Waals surface area contributed by atoms with E-state index in [2.05, 4.69) is 15.1 Å². The topological polar surface area (TPSA) is 78.3 Å². The monoisotopic (exact) mass is 253 g/mol. The summed E-state index contributed by atoms with van der Waals surface area (Å²) in [4.78, 5) is 8.29. The van der Waals surface area contributed by atoms with Crippen LogP contribution in [0.1, 0.15) is 24.6 Å². The molecule has 3 rings (SSSR count). The van der Waals surface area contributed by atoms with E-state index in [1.807, 2.05) is 0 Å². The molecule has 0 saturated carbocycles. The first-order chi connectivity index (χ1) is 8.25. The van der Waals surface area contributed by atoms with Crippen molar-refractivity contribution in [2.24, 2.45) is 0 Å². The smallest absolute Gasteiger partial charge is 0.238 e. The lowest BCUT2D eigenvalue weighted by molar-refractivity contribution is 0.0832. The molecule has 1 aliphatic heterocycles. The number of nitrogen functional groups attached to an aromatic ring is 1. The van der Waals surface area contributed by atoms with Crippen LogP contribution in [-0.4, -0.2) is 32.8 Å². The Labute approximate surface area is 103 Å². The maximum atomic E-state index is 6.07. The van der Waals surface area contributed by atoms with Gasteiger partial charge in [-0.15, -0.1) is 5.10 Å². The first-order valence-corrected chi connectivity index (χ1v) is 5.88. The molecule has 0 spiro atoms. The number of fused-ring (bicyclic) bond motifs is 1. The Morgan fingerprint density at radius 3 is 2.94 bits per heavy atom. The number of anilines is 1. The number of imidazole rings is 1. The third-order valence-corrected chi connectivity index (χ3v) is 3.26. The van der Waals surface area contributed by atoms with Gasteiger partial charge in [-0.2, -0.15) is 0 Å². The lowest BCUT2D eigenvalue weighted by Crippen LogP contribution is -2.17. The fourth-order valence-electron chi connectivity index (χ4n) is 2.10. The van der Waals surface area contributed by atoms with Gasteiger partial charge in [0.2, 0.25) is 5.95 Å². The van der Waals surface area contributed by atoms with E-state index in [4.69, 9.17) is 22.1 Å². The van der Waals surface area contributed by atoms with E-state index < -0.39 is 0 Å². The van der Waals surface area contributed by atoms with Gasteiger partial charge in [-0.1, -0.05) is 11.6 Å². The number of aromatic nitrogens is 4. The average Bonchev–Trinajstić information content (AvgIpc) is 2.67. The van der Waals surface area contributed by atoms with Crippen LogP contribution in [0.2, 0.25) is 5.15 Å². The first kappa shape index (κ1) is 10.7. The van der Waals surface area contributed by atoms with Gasteiger partial charge in [-0.3, -0.25) is 0 Å². The van der Waals surface area contributed by atoms with E-state index in [1.54, 1.807) is 10.7 Å². The highest BCUT2D eigenvalue weighted by atomic mass is 35.5. The Kier molecular flexibility index (Phi) is 2.60. The van der Waals surface area contributed by atoms with Crippen LogP contribution in [0.25, 0.3) is 5.52 Å². The Balaban J connectivity index is 2.11. The molecule has 6 nitrogen and oxygen atoms in total. The minimum absolute atomic E-state index is 0.222. The molecule has 2 aromatic heterocycles. The number of hydrogen-bond donors (Lipinski definition) is 1. The zero-order valence-corrected chi connectivity index (χ0v) is 9.89. The van der Waals surface area contributed by atoms with Crippen molar-refractivity contribution in [2.75, 3.05) is 18.9 Å². The number of ether oxygens (including phenoxy) is 1. The number of rotatable bonds is 1. The van der Waals surface area contributed by atoms with Crippen molar-refractivity contribution in [1.29, 1.82) is 0 Å². The van der Waals surface area contributed by atoms with Gasteiger partial charge in [-0.05, 0) is 12.8 Å². The summed E-state index contributed by atoms with van der Waals surface area (Å²) >= 11 is 6.07. The Morgan fingerprint density at radius 2 is 2.18 bits per heavy atom. The van der Waals surface area contributed by atoms with Gasteiger partial charge in [-0.25, -0.2) is 14.5 Å². The standard InChI is InChI=1S/C10H12ClN5O/c11-8-7-5-13-10(12)15-16(7)9(14-8)6-1-3-17-4-2-6/h5-6H,1-4H2,(H2,12,15). The van der Waals surface area contributed by atoms with Crippen molar-refractivity contribution in [3.8, 4) is 0 Å². The van der Waals surface area contributed by atoms with E-state index in [1.165, 1.54) is 0 Å². The predicted octanol–water partition coefficient (Wildman–Crippen LogP) is 1.25. The van der Waals surface area contributed by atoms with E-state index in [0.717, 1.165) is 31.9 Å². The SMILES string of the molecule is Nc1ncc2c(Cl)nc(C3CCOCC3)n2n1. The van der Waals surface area contributed by atoms with Crippen molar-refractivity contribution in [2.45, 2.75) is 18.8 Å². The van der Waals surface area contributed by atoms with Crippen LogP contribution in [0.4, 0.5) is 5.95 Å². The highest BCUT2D eigenvalue weighted by molar-refractivity contribution is 6.32. The minimum Gasteiger partial charge on any atom is -0.381 e. The van der Waals surface area contributed by atoms with Crippen LogP contribution in [0.5, 0.6) is 0 Å². The fraction of sp³-hybridized carbons (Fsp3) is 0.500. The molecule has 3 heterocycles. The van der Waals surface area contributed by atoms with Crippen LogP contribution in [0, 0.1) is 0 Å². The largest absolute Gasteiger partial charge is 0.381 e. The molecule has 1 fully saturated rings. The first-order valence-electron chi connectivity index (χ1n) is 5.50. The molecular weight excluding hydrogens is 242 g/mol. The van der Waals surface area contributed by atoms with Gasteiger partial charge in [0.1, 0.15) is 11.3 Å². The molecule has 0 aliphatic carbocycles. The van der Waals surface area contributed by atoms with E-state index in [0.29, 0.717) is 16.6 Å². The number of halogens is 1. The maximum Gasteiger partial charge on any atom is 0.238 e. The summed E-state index contributed by atoms with van der Waals surface area (Å²) in [6.07, 6.45) is 3.46. The summed E-state index contributed by atoms with van der Waals surface area (Å²) in [7, 11) is 0. The summed E-state index contributed by atoms with van der Waals surface area (Å²) in [5, 5.41) is 4.59. The normalized spacial score (nSPS) is 17.7. The molecule has 17 heavy (non-hydrogen) atoms. The van der Waals surface area contributed by atoms with Crippen LogP contribution >= 0.6 is 11.6 Å². The molecule has 2 aromatic rings. The molecule has 0 radical (unpaired) electrons. The summed E-state index contributed by atoms with van der Waals surface area (Å²) in [6.45, 7) is 1.50. The Hall–Kier alpha value is -1.40. The van der Waals surface area contributed by atoms with Crippen LogP contribution in [0.3, 0.4) is 0 Å². The molecular formula is C10H12ClN5O. The number of hydrogen-bond acceptors (Lipinski definition) is 5. The number of nitrogens with zero attached hydrogens (tertiary/aromatic N) is 4. The highest BCUT2D eigenvalue weighted by Crippen LogP contribution is 2.28. The third-order valence-electron chi connectivity index (χ3n) is 2.98. The van der Waals surface area contributed by atoms with Crippen molar-refractivity contribution >= 4 is 23.1 Å². The summed E-state index contributed by atoms with van der Waals surface area (Å²) in [5.74, 6) is 1.39. The fourth-order valence-corrected chi connectivity index (χ4v) is 2.32. The number of nitrogens with two attached hydrogens (primary N) is 1. The average molecular weight is 254 g/mol. The second-order valence-corrected chi connectivity index (χ2v) is 4.42. The second kappa shape index (κ2) is 4.12. The molecule has 0 bridgehead atoms. The quantitative estimate of drug-likeness (QED) is 0.828. The van der Waals surface area contributed by atoms with Gasteiger partial charge in [0.25, 0.3) is 0 Å². The van der Waals surface area contributed by atoms with E-state index >= 15 is 0 Å². The van der Waals surface area contributed by atoms with Crippen molar-refractivity contribution in [3.05, 3.63) is 17.2 Å². The van der Waals surface area contributed by atoms with Crippen LogP contribution in [0.15, 0.2) is 6.20 Å². The molecule has 0 amide bonds. The van der Waals surface area contributed by atoms with Crippen molar-refractivity contribution in [3.63, 3.8) is 0 Å². The molecule has 1 saturated heterocycles. The third kappa shape index (κ3) is 1.83.